The van der Waals surface area contributed by atoms with Crippen LogP contribution in [0.15, 0.2) is 29.2 Å². The van der Waals surface area contributed by atoms with E-state index in [9.17, 15) is 13.2 Å². The Morgan fingerprint density at radius 1 is 1.30 bits per heavy atom. The van der Waals surface area contributed by atoms with Crippen molar-refractivity contribution in [1.82, 2.24) is 14.9 Å². The topological polar surface area (TPSA) is 101 Å². The van der Waals surface area contributed by atoms with Crippen LogP contribution in [0.3, 0.4) is 0 Å². The molecule has 1 heterocycles. The maximum Gasteiger partial charge on any atom is 0.257 e. The fourth-order valence-electron chi connectivity index (χ4n) is 1.83. The maximum absolute atomic E-state index is 12.2. The Morgan fingerprint density at radius 3 is 2.70 bits per heavy atom. The van der Waals surface area contributed by atoms with Crippen LogP contribution in [0.5, 0.6) is 0 Å². The Labute approximate surface area is 139 Å². The van der Waals surface area contributed by atoms with Gasteiger partial charge in [0.05, 0.1) is 4.90 Å². The van der Waals surface area contributed by atoms with Gasteiger partial charge < -0.3 is 0 Å². The number of benzene rings is 1. The van der Waals surface area contributed by atoms with E-state index in [4.69, 9.17) is 0 Å². The van der Waals surface area contributed by atoms with Crippen molar-refractivity contribution in [3.8, 4) is 0 Å². The van der Waals surface area contributed by atoms with Crippen molar-refractivity contribution in [2.45, 2.75) is 25.2 Å². The van der Waals surface area contributed by atoms with Gasteiger partial charge >= 0.3 is 0 Å². The van der Waals surface area contributed by atoms with Gasteiger partial charge in [-0.2, -0.15) is 0 Å². The van der Waals surface area contributed by atoms with Gasteiger partial charge in [0.2, 0.25) is 15.2 Å². The van der Waals surface area contributed by atoms with Crippen LogP contribution >= 0.6 is 11.3 Å². The van der Waals surface area contributed by atoms with E-state index >= 15 is 0 Å². The van der Waals surface area contributed by atoms with Crippen molar-refractivity contribution < 1.29 is 13.2 Å². The third-order valence-electron chi connectivity index (χ3n) is 2.95. The summed E-state index contributed by atoms with van der Waals surface area (Å²) >= 11 is 1.31. The molecule has 1 amide bonds. The molecule has 2 rings (SSSR count). The smallest absolute Gasteiger partial charge is 0.257 e. The fourth-order valence-corrected chi connectivity index (χ4v) is 3.55. The minimum atomic E-state index is -3.59. The first-order valence-corrected chi connectivity index (χ1v) is 9.29. The van der Waals surface area contributed by atoms with Gasteiger partial charge in [-0.1, -0.05) is 31.3 Å². The van der Waals surface area contributed by atoms with Crippen molar-refractivity contribution in [3.05, 3.63) is 34.8 Å². The van der Waals surface area contributed by atoms with E-state index in [1.165, 1.54) is 36.6 Å². The van der Waals surface area contributed by atoms with Crippen molar-refractivity contribution in [1.29, 1.82) is 0 Å². The summed E-state index contributed by atoms with van der Waals surface area (Å²) in [6.07, 6.45) is 0.795. The molecule has 0 aliphatic rings. The number of rotatable bonds is 6. The zero-order valence-corrected chi connectivity index (χ0v) is 14.7. The molecule has 2 N–H and O–H groups in total. The van der Waals surface area contributed by atoms with E-state index in [0.29, 0.717) is 11.0 Å². The van der Waals surface area contributed by atoms with Crippen LogP contribution in [0.1, 0.15) is 29.2 Å². The molecule has 0 saturated heterocycles. The standard InChI is InChI=1S/C14H18N4O3S2/c1-9(2)7-12-17-18-14(22-12)16-13(19)10-5-4-6-11(8-10)23(20,21)15-3/h4-6,8-9,15H,7H2,1-3H3,(H,16,18,19). The second kappa shape index (κ2) is 7.16. The minimum Gasteiger partial charge on any atom is -0.296 e. The zero-order valence-electron chi connectivity index (χ0n) is 13.0. The molecule has 9 heteroatoms. The van der Waals surface area contributed by atoms with Crippen molar-refractivity contribution in [3.63, 3.8) is 0 Å². The number of anilines is 1. The Bertz CT molecular complexity index is 800. The van der Waals surface area contributed by atoms with Gasteiger partial charge in [-0.15, -0.1) is 10.2 Å². The number of nitrogens with zero attached hydrogens (tertiary/aromatic N) is 2. The van der Waals surface area contributed by atoms with Crippen LogP contribution in [0.25, 0.3) is 0 Å². The first kappa shape index (κ1) is 17.5. The molecule has 1 aromatic carbocycles. The fraction of sp³-hybridized carbons (Fsp3) is 0.357. The number of carbonyl (C=O) groups excluding carboxylic acids is 1. The molecule has 0 radical (unpaired) electrons. The van der Waals surface area contributed by atoms with Crippen molar-refractivity contribution >= 4 is 32.4 Å². The molecule has 124 valence electrons. The van der Waals surface area contributed by atoms with Crippen LogP contribution in [0.2, 0.25) is 0 Å². The van der Waals surface area contributed by atoms with E-state index in [-0.39, 0.29) is 10.5 Å². The number of nitrogens with one attached hydrogen (secondary N) is 2. The Morgan fingerprint density at radius 2 is 2.04 bits per heavy atom. The summed E-state index contributed by atoms with van der Waals surface area (Å²) in [7, 11) is -2.27. The lowest BCUT2D eigenvalue weighted by atomic mass is 10.1. The van der Waals surface area contributed by atoms with Gasteiger partial charge in [-0.05, 0) is 31.2 Å². The Balaban J connectivity index is 2.15. The summed E-state index contributed by atoms with van der Waals surface area (Å²) in [6.45, 7) is 4.15. The predicted molar refractivity (Wildman–Crippen MR) is 89.1 cm³/mol. The molecular weight excluding hydrogens is 336 g/mol. The quantitative estimate of drug-likeness (QED) is 0.825. The average molecular weight is 354 g/mol. The third-order valence-corrected chi connectivity index (χ3v) is 5.22. The molecule has 0 saturated carbocycles. The molecule has 7 nitrogen and oxygen atoms in total. The lowest BCUT2D eigenvalue weighted by molar-refractivity contribution is 0.102. The highest BCUT2D eigenvalue weighted by Crippen LogP contribution is 2.19. The van der Waals surface area contributed by atoms with E-state index < -0.39 is 15.9 Å². The lowest BCUT2D eigenvalue weighted by Crippen LogP contribution is -2.19. The second-order valence-corrected chi connectivity index (χ2v) is 8.24. The molecule has 0 aliphatic heterocycles. The number of hydrogen-bond acceptors (Lipinski definition) is 6. The van der Waals surface area contributed by atoms with Gasteiger partial charge in [-0.25, -0.2) is 13.1 Å². The molecule has 1 aromatic heterocycles. The number of amides is 1. The Kier molecular flexibility index (Phi) is 5.45. The monoisotopic (exact) mass is 354 g/mol. The highest BCUT2D eigenvalue weighted by atomic mass is 32.2. The summed E-state index contributed by atoms with van der Waals surface area (Å²) < 4.78 is 25.8. The summed E-state index contributed by atoms with van der Waals surface area (Å²) in [4.78, 5) is 12.3. The SMILES string of the molecule is CNS(=O)(=O)c1cccc(C(=O)Nc2nnc(CC(C)C)s2)c1. The molecule has 0 atom stereocenters. The molecule has 0 fully saturated rings. The van der Waals surface area contributed by atoms with Gasteiger partial charge in [0.25, 0.3) is 5.91 Å². The van der Waals surface area contributed by atoms with E-state index in [2.05, 4.69) is 34.1 Å². The summed E-state index contributed by atoms with van der Waals surface area (Å²) in [5.41, 5.74) is 0.238. The third kappa shape index (κ3) is 4.57. The number of carbonyl (C=O) groups is 1. The molecule has 0 unspecified atom stereocenters. The first-order valence-electron chi connectivity index (χ1n) is 6.99. The second-order valence-electron chi connectivity index (χ2n) is 5.29. The number of sulfonamides is 1. The van der Waals surface area contributed by atoms with E-state index in [1.807, 2.05) is 0 Å². The van der Waals surface area contributed by atoms with Crippen LogP contribution in [0.4, 0.5) is 5.13 Å². The molecule has 0 aliphatic carbocycles. The molecule has 2 aromatic rings. The van der Waals surface area contributed by atoms with Gasteiger partial charge in [0.1, 0.15) is 5.01 Å². The highest BCUT2D eigenvalue weighted by Gasteiger charge is 2.15. The molecular formula is C14H18N4O3S2. The van der Waals surface area contributed by atoms with E-state index in [0.717, 1.165) is 11.4 Å². The number of aromatic nitrogens is 2. The van der Waals surface area contributed by atoms with Crippen LogP contribution in [-0.2, 0) is 16.4 Å². The first-order chi connectivity index (χ1) is 10.8. The molecule has 0 bridgehead atoms. The normalized spacial score (nSPS) is 11.7. The highest BCUT2D eigenvalue weighted by molar-refractivity contribution is 7.89. The number of hydrogen-bond donors (Lipinski definition) is 2. The van der Waals surface area contributed by atoms with Crippen LogP contribution in [0, 0.1) is 5.92 Å². The lowest BCUT2D eigenvalue weighted by Gasteiger charge is -2.05. The van der Waals surface area contributed by atoms with Gasteiger partial charge in [-0.3, -0.25) is 10.1 Å². The average Bonchev–Trinajstić information content (AvgIpc) is 2.93. The van der Waals surface area contributed by atoms with Crippen LogP contribution < -0.4 is 10.0 Å². The van der Waals surface area contributed by atoms with Gasteiger partial charge in [0, 0.05) is 12.0 Å². The predicted octanol–water partition coefficient (Wildman–Crippen LogP) is 1.90. The Hall–Kier alpha value is -1.84. The molecule has 23 heavy (non-hydrogen) atoms. The zero-order chi connectivity index (χ0) is 17.0. The minimum absolute atomic E-state index is 0.0328. The largest absolute Gasteiger partial charge is 0.296 e. The van der Waals surface area contributed by atoms with Gasteiger partial charge in [0.15, 0.2) is 0 Å². The maximum atomic E-state index is 12.2. The molecule has 0 spiro atoms. The van der Waals surface area contributed by atoms with Crippen molar-refractivity contribution in [2.24, 2.45) is 5.92 Å². The summed E-state index contributed by atoms with van der Waals surface area (Å²) in [6, 6.07) is 5.80. The van der Waals surface area contributed by atoms with E-state index in [1.54, 1.807) is 6.07 Å². The summed E-state index contributed by atoms with van der Waals surface area (Å²) in [5.74, 6) is 0.0281. The van der Waals surface area contributed by atoms with Crippen molar-refractivity contribution in [2.75, 3.05) is 12.4 Å². The summed E-state index contributed by atoms with van der Waals surface area (Å²) in [5, 5.41) is 11.8. The van der Waals surface area contributed by atoms with Crippen LogP contribution in [-0.4, -0.2) is 31.6 Å².